The molecule has 0 saturated heterocycles. The summed E-state index contributed by atoms with van der Waals surface area (Å²) in [7, 11) is -3.76. The van der Waals surface area contributed by atoms with Crippen molar-refractivity contribution in [3.05, 3.63) is 88.9 Å². The SMILES string of the molecule is Cc1ccc(S(=O)(=O)[C@H](CNC(=O)c2ccccc2C)c2ccco2)cc1C. The maximum atomic E-state index is 13.3. The zero-order valence-electron chi connectivity index (χ0n) is 16.1. The van der Waals surface area contributed by atoms with Gasteiger partial charge in [0, 0.05) is 12.1 Å². The van der Waals surface area contributed by atoms with Gasteiger partial charge in [0.15, 0.2) is 9.84 Å². The van der Waals surface area contributed by atoms with Crippen LogP contribution in [0.2, 0.25) is 0 Å². The third-order valence-corrected chi connectivity index (χ3v) is 6.94. The minimum absolute atomic E-state index is 0.0874. The van der Waals surface area contributed by atoms with E-state index in [-0.39, 0.29) is 17.3 Å². The molecular formula is C22H23NO4S. The van der Waals surface area contributed by atoms with Gasteiger partial charge in [0.05, 0.1) is 11.2 Å². The van der Waals surface area contributed by atoms with Crippen molar-refractivity contribution in [3.63, 3.8) is 0 Å². The second-order valence-electron chi connectivity index (χ2n) is 6.82. The van der Waals surface area contributed by atoms with E-state index >= 15 is 0 Å². The number of nitrogens with one attached hydrogen (secondary N) is 1. The molecule has 1 amide bonds. The molecule has 146 valence electrons. The standard InChI is InChI=1S/C22H23NO4S/c1-15-10-11-18(13-17(15)3)28(25,26)21(20-9-6-12-27-20)14-23-22(24)19-8-5-4-7-16(19)2/h4-13,21H,14H2,1-3H3,(H,23,24)/t21-/m1/s1. The first kappa shape index (κ1) is 19.9. The van der Waals surface area contributed by atoms with E-state index in [1.54, 1.807) is 42.5 Å². The topological polar surface area (TPSA) is 76.4 Å². The summed E-state index contributed by atoms with van der Waals surface area (Å²) >= 11 is 0. The van der Waals surface area contributed by atoms with Gasteiger partial charge in [-0.25, -0.2) is 8.42 Å². The highest BCUT2D eigenvalue weighted by Gasteiger charge is 2.32. The van der Waals surface area contributed by atoms with Gasteiger partial charge in [0.2, 0.25) is 0 Å². The predicted molar refractivity (Wildman–Crippen MR) is 108 cm³/mol. The van der Waals surface area contributed by atoms with E-state index < -0.39 is 15.1 Å². The number of hydrogen-bond acceptors (Lipinski definition) is 4. The van der Waals surface area contributed by atoms with Crippen LogP contribution in [0.15, 0.2) is 70.2 Å². The predicted octanol–water partition coefficient (Wildman–Crippen LogP) is 4.15. The van der Waals surface area contributed by atoms with Crippen molar-refractivity contribution in [1.29, 1.82) is 0 Å². The molecule has 0 aliphatic carbocycles. The Morgan fingerprint density at radius 2 is 1.71 bits per heavy atom. The van der Waals surface area contributed by atoms with Crippen LogP contribution in [0.4, 0.5) is 0 Å². The van der Waals surface area contributed by atoms with E-state index in [1.807, 2.05) is 32.9 Å². The second-order valence-corrected chi connectivity index (χ2v) is 8.95. The number of furan rings is 1. The van der Waals surface area contributed by atoms with Gasteiger partial charge in [-0.3, -0.25) is 4.79 Å². The molecule has 0 fully saturated rings. The molecule has 5 nitrogen and oxygen atoms in total. The smallest absolute Gasteiger partial charge is 0.251 e. The van der Waals surface area contributed by atoms with Gasteiger partial charge >= 0.3 is 0 Å². The van der Waals surface area contributed by atoms with Crippen LogP contribution in [-0.2, 0) is 9.84 Å². The molecule has 0 saturated carbocycles. The first-order chi connectivity index (χ1) is 13.3. The van der Waals surface area contributed by atoms with Crippen LogP contribution >= 0.6 is 0 Å². The molecule has 0 aliphatic rings. The Balaban J connectivity index is 1.91. The van der Waals surface area contributed by atoms with Crippen molar-refractivity contribution >= 4 is 15.7 Å². The van der Waals surface area contributed by atoms with Gasteiger partial charge in [-0.15, -0.1) is 0 Å². The molecule has 28 heavy (non-hydrogen) atoms. The summed E-state index contributed by atoms with van der Waals surface area (Å²) in [5, 5.41) is 1.74. The highest BCUT2D eigenvalue weighted by atomic mass is 32.2. The maximum absolute atomic E-state index is 13.3. The summed E-state index contributed by atoms with van der Waals surface area (Å²) in [6.45, 7) is 5.55. The van der Waals surface area contributed by atoms with E-state index in [9.17, 15) is 13.2 Å². The fourth-order valence-corrected chi connectivity index (χ4v) is 4.67. The van der Waals surface area contributed by atoms with E-state index in [1.165, 1.54) is 6.26 Å². The Labute approximate surface area is 165 Å². The molecule has 0 bridgehead atoms. The average molecular weight is 397 g/mol. The summed E-state index contributed by atoms with van der Waals surface area (Å²) in [6.07, 6.45) is 1.43. The number of hydrogen-bond donors (Lipinski definition) is 1. The number of aryl methyl sites for hydroxylation is 3. The third-order valence-electron chi connectivity index (χ3n) is 4.88. The Kier molecular flexibility index (Phi) is 5.70. The lowest BCUT2D eigenvalue weighted by Gasteiger charge is -2.18. The lowest BCUT2D eigenvalue weighted by atomic mass is 10.1. The number of benzene rings is 2. The zero-order chi connectivity index (χ0) is 20.3. The molecule has 3 aromatic rings. The highest BCUT2D eigenvalue weighted by Crippen LogP contribution is 2.30. The Bertz CT molecular complexity index is 1090. The van der Waals surface area contributed by atoms with E-state index in [2.05, 4.69) is 5.32 Å². The molecule has 0 aliphatic heterocycles. The number of rotatable bonds is 6. The molecule has 1 N–H and O–H groups in total. The van der Waals surface area contributed by atoms with Crippen molar-refractivity contribution in [3.8, 4) is 0 Å². The second kappa shape index (κ2) is 8.02. The molecule has 6 heteroatoms. The molecule has 0 spiro atoms. The van der Waals surface area contributed by atoms with Crippen molar-refractivity contribution in [1.82, 2.24) is 5.32 Å². The maximum Gasteiger partial charge on any atom is 0.251 e. The molecular weight excluding hydrogens is 374 g/mol. The van der Waals surface area contributed by atoms with E-state index in [0.29, 0.717) is 11.3 Å². The van der Waals surface area contributed by atoms with Crippen LogP contribution in [0, 0.1) is 20.8 Å². The van der Waals surface area contributed by atoms with Crippen molar-refractivity contribution < 1.29 is 17.6 Å². The minimum Gasteiger partial charge on any atom is -0.468 e. The molecule has 0 radical (unpaired) electrons. The lowest BCUT2D eigenvalue weighted by molar-refractivity contribution is 0.0952. The first-order valence-corrected chi connectivity index (χ1v) is 10.5. The van der Waals surface area contributed by atoms with Gasteiger partial charge in [0.1, 0.15) is 11.0 Å². The van der Waals surface area contributed by atoms with Crippen LogP contribution in [0.1, 0.15) is 38.1 Å². The van der Waals surface area contributed by atoms with Gasteiger partial charge < -0.3 is 9.73 Å². The van der Waals surface area contributed by atoms with Gasteiger partial charge in [0.25, 0.3) is 5.91 Å². The van der Waals surface area contributed by atoms with Crippen LogP contribution in [0.25, 0.3) is 0 Å². The number of amides is 1. The summed E-state index contributed by atoms with van der Waals surface area (Å²) in [5.41, 5.74) is 3.25. The first-order valence-electron chi connectivity index (χ1n) is 8.99. The van der Waals surface area contributed by atoms with Crippen LogP contribution in [-0.4, -0.2) is 20.9 Å². The van der Waals surface area contributed by atoms with E-state index in [0.717, 1.165) is 16.7 Å². The Morgan fingerprint density at radius 1 is 0.964 bits per heavy atom. The number of sulfone groups is 1. The van der Waals surface area contributed by atoms with Crippen molar-refractivity contribution in [2.75, 3.05) is 6.54 Å². The van der Waals surface area contributed by atoms with Gasteiger partial charge in [-0.05, 0) is 67.8 Å². The third kappa shape index (κ3) is 4.02. The quantitative estimate of drug-likeness (QED) is 0.678. The van der Waals surface area contributed by atoms with Gasteiger partial charge in [-0.2, -0.15) is 0 Å². The highest BCUT2D eigenvalue weighted by molar-refractivity contribution is 7.91. The summed E-state index contributed by atoms with van der Waals surface area (Å²) in [4.78, 5) is 12.8. The van der Waals surface area contributed by atoms with Crippen LogP contribution < -0.4 is 5.32 Å². The normalized spacial score (nSPS) is 12.5. The largest absolute Gasteiger partial charge is 0.468 e. The lowest BCUT2D eigenvalue weighted by Crippen LogP contribution is -2.32. The van der Waals surface area contributed by atoms with Crippen LogP contribution in [0.5, 0.6) is 0 Å². The summed E-state index contributed by atoms with van der Waals surface area (Å²) < 4.78 is 32.0. The molecule has 3 rings (SSSR count). The molecule has 1 aromatic heterocycles. The monoisotopic (exact) mass is 397 g/mol. The number of carbonyl (C=O) groups is 1. The molecule has 0 unspecified atom stereocenters. The fourth-order valence-electron chi connectivity index (χ4n) is 3.00. The Hall–Kier alpha value is -2.86. The van der Waals surface area contributed by atoms with Crippen molar-refractivity contribution in [2.45, 2.75) is 30.9 Å². The number of carbonyl (C=O) groups excluding carboxylic acids is 1. The summed E-state index contributed by atoms with van der Waals surface area (Å²) in [6, 6.07) is 15.5. The fraction of sp³-hybridized carbons (Fsp3) is 0.227. The van der Waals surface area contributed by atoms with Crippen molar-refractivity contribution in [2.24, 2.45) is 0 Å². The van der Waals surface area contributed by atoms with Crippen LogP contribution in [0.3, 0.4) is 0 Å². The molecule has 1 atom stereocenters. The summed E-state index contributed by atoms with van der Waals surface area (Å²) in [5.74, 6) is -0.0201. The van der Waals surface area contributed by atoms with Gasteiger partial charge in [-0.1, -0.05) is 24.3 Å². The Morgan fingerprint density at radius 3 is 2.36 bits per heavy atom. The molecule has 2 aromatic carbocycles. The zero-order valence-corrected chi connectivity index (χ0v) is 16.9. The molecule has 1 heterocycles. The minimum atomic E-state index is -3.76. The average Bonchev–Trinajstić information content (AvgIpc) is 3.18. The van der Waals surface area contributed by atoms with E-state index in [4.69, 9.17) is 4.42 Å².